The highest BCUT2D eigenvalue weighted by Crippen LogP contribution is 2.12. The Morgan fingerprint density at radius 1 is 1.31 bits per heavy atom. The van der Waals surface area contributed by atoms with Crippen molar-refractivity contribution in [2.75, 3.05) is 5.75 Å². The van der Waals surface area contributed by atoms with Gasteiger partial charge in [-0.15, -0.1) is 0 Å². The standard InChI is InChI=1S/C11H18N2O2S/c1-4-16(14,15)13(10(2)3)9-11-5-7-12-8-6-11/h5-8,10H,4,9H2,1-3H3. The lowest BCUT2D eigenvalue weighted by Gasteiger charge is -2.25. The molecule has 0 N–H and O–H groups in total. The summed E-state index contributed by atoms with van der Waals surface area (Å²) in [6.07, 6.45) is 3.35. The largest absolute Gasteiger partial charge is 0.265 e. The molecule has 0 aliphatic rings. The number of sulfonamides is 1. The van der Waals surface area contributed by atoms with Gasteiger partial charge < -0.3 is 0 Å². The van der Waals surface area contributed by atoms with Gasteiger partial charge in [0, 0.05) is 25.0 Å². The van der Waals surface area contributed by atoms with Crippen LogP contribution in [-0.2, 0) is 16.6 Å². The fourth-order valence-corrected chi connectivity index (χ4v) is 2.76. The molecule has 1 aromatic rings. The van der Waals surface area contributed by atoms with E-state index in [9.17, 15) is 8.42 Å². The van der Waals surface area contributed by atoms with E-state index in [0.717, 1.165) is 5.56 Å². The van der Waals surface area contributed by atoms with E-state index >= 15 is 0 Å². The summed E-state index contributed by atoms with van der Waals surface area (Å²) in [5.41, 5.74) is 0.959. The molecule has 0 spiro atoms. The van der Waals surface area contributed by atoms with Gasteiger partial charge in [-0.1, -0.05) is 0 Å². The van der Waals surface area contributed by atoms with Gasteiger partial charge >= 0.3 is 0 Å². The molecule has 0 fully saturated rings. The smallest absolute Gasteiger partial charge is 0.214 e. The second kappa shape index (κ2) is 5.41. The van der Waals surface area contributed by atoms with Crippen molar-refractivity contribution in [1.82, 2.24) is 9.29 Å². The van der Waals surface area contributed by atoms with Gasteiger partial charge in [-0.05, 0) is 38.5 Å². The van der Waals surface area contributed by atoms with Crippen LogP contribution in [-0.4, -0.2) is 29.5 Å². The molecule has 1 heterocycles. The van der Waals surface area contributed by atoms with Crippen molar-refractivity contribution < 1.29 is 8.42 Å². The minimum Gasteiger partial charge on any atom is -0.265 e. The molecule has 0 saturated carbocycles. The molecule has 4 nitrogen and oxygen atoms in total. The van der Waals surface area contributed by atoms with E-state index in [1.54, 1.807) is 19.3 Å². The number of hydrogen-bond donors (Lipinski definition) is 0. The maximum absolute atomic E-state index is 11.9. The highest BCUT2D eigenvalue weighted by atomic mass is 32.2. The lowest BCUT2D eigenvalue weighted by atomic mass is 10.2. The molecule has 0 aromatic carbocycles. The molecule has 0 unspecified atom stereocenters. The van der Waals surface area contributed by atoms with Gasteiger partial charge in [0.05, 0.1) is 5.75 Å². The molecule has 5 heteroatoms. The van der Waals surface area contributed by atoms with E-state index in [1.165, 1.54) is 4.31 Å². The van der Waals surface area contributed by atoms with Gasteiger partial charge in [-0.2, -0.15) is 4.31 Å². The quantitative estimate of drug-likeness (QED) is 0.788. The Hall–Kier alpha value is -0.940. The van der Waals surface area contributed by atoms with Gasteiger partial charge in [0.2, 0.25) is 10.0 Å². The summed E-state index contributed by atoms with van der Waals surface area (Å²) in [5, 5.41) is 0. The average Bonchev–Trinajstić information content (AvgIpc) is 2.26. The van der Waals surface area contributed by atoms with E-state index in [-0.39, 0.29) is 11.8 Å². The first-order valence-electron chi connectivity index (χ1n) is 5.35. The molecule has 0 radical (unpaired) electrons. The van der Waals surface area contributed by atoms with Gasteiger partial charge in [0.1, 0.15) is 0 Å². The molecule has 1 rings (SSSR count). The van der Waals surface area contributed by atoms with Crippen LogP contribution in [0.15, 0.2) is 24.5 Å². The lowest BCUT2D eigenvalue weighted by Crippen LogP contribution is -2.37. The monoisotopic (exact) mass is 242 g/mol. The van der Waals surface area contributed by atoms with E-state index < -0.39 is 10.0 Å². The van der Waals surface area contributed by atoms with Crippen LogP contribution in [0.5, 0.6) is 0 Å². The summed E-state index contributed by atoms with van der Waals surface area (Å²) in [6.45, 7) is 5.84. The van der Waals surface area contributed by atoms with Crippen molar-refractivity contribution in [3.05, 3.63) is 30.1 Å². The zero-order valence-electron chi connectivity index (χ0n) is 9.92. The Labute approximate surface area is 97.4 Å². The minimum atomic E-state index is -3.14. The van der Waals surface area contributed by atoms with Crippen LogP contribution < -0.4 is 0 Å². The number of rotatable bonds is 5. The van der Waals surface area contributed by atoms with Crippen molar-refractivity contribution in [3.63, 3.8) is 0 Å². The Balaban J connectivity index is 2.90. The fraction of sp³-hybridized carbons (Fsp3) is 0.545. The summed E-state index contributed by atoms with van der Waals surface area (Å²) in [5.74, 6) is 0.135. The van der Waals surface area contributed by atoms with Crippen LogP contribution in [0.1, 0.15) is 26.3 Å². The second-order valence-corrected chi connectivity index (χ2v) is 6.11. The first-order chi connectivity index (χ1) is 7.47. The molecule has 0 aliphatic heterocycles. The third kappa shape index (κ3) is 3.28. The predicted molar refractivity (Wildman–Crippen MR) is 64.4 cm³/mol. The van der Waals surface area contributed by atoms with Gasteiger partial charge in [-0.25, -0.2) is 8.42 Å². The highest BCUT2D eigenvalue weighted by molar-refractivity contribution is 7.89. The second-order valence-electron chi connectivity index (χ2n) is 3.89. The van der Waals surface area contributed by atoms with E-state index in [0.29, 0.717) is 6.54 Å². The van der Waals surface area contributed by atoms with Crippen molar-refractivity contribution in [2.24, 2.45) is 0 Å². The van der Waals surface area contributed by atoms with Crippen molar-refractivity contribution in [2.45, 2.75) is 33.4 Å². The zero-order chi connectivity index (χ0) is 12.2. The Morgan fingerprint density at radius 3 is 2.31 bits per heavy atom. The summed E-state index contributed by atoms with van der Waals surface area (Å²) in [7, 11) is -3.14. The van der Waals surface area contributed by atoms with Crippen LogP contribution in [0, 0.1) is 0 Å². The molecule has 90 valence electrons. The third-order valence-electron chi connectivity index (χ3n) is 2.39. The van der Waals surface area contributed by atoms with Crippen molar-refractivity contribution >= 4 is 10.0 Å². The highest BCUT2D eigenvalue weighted by Gasteiger charge is 2.22. The normalized spacial score (nSPS) is 12.3. The predicted octanol–water partition coefficient (Wildman–Crippen LogP) is 1.64. The van der Waals surface area contributed by atoms with Crippen molar-refractivity contribution in [1.29, 1.82) is 0 Å². The third-order valence-corrected chi connectivity index (χ3v) is 4.38. The van der Waals surface area contributed by atoms with Crippen LogP contribution in [0.3, 0.4) is 0 Å². The van der Waals surface area contributed by atoms with E-state index in [2.05, 4.69) is 4.98 Å². The number of aromatic nitrogens is 1. The van der Waals surface area contributed by atoms with E-state index in [1.807, 2.05) is 26.0 Å². The summed E-state index contributed by atoms with van der Waals surface area (Å²) >= 11 is 0. The fourth-order valence-electron chi connectivity index (χ4n) is 1.44. The van der Waals surface area contributed by atoms with Gasteiger partial charge in [0.25, 0.3) is 0 Å². The first kappa shape index (κ1) is 13.1. The van der Waals surface area contributed by atoms with Crippen LogP contribution in [0.2, 0.25) is 0 Å². The molecule has 0 atom stereocenters. The molecule has 0 bridgehead atoms. The Morgan fingerprint density at radius 2 is 1.88 bits per heavy atom. The van der Waals surface area contributed by atoms with Crippen LogP contribution >= 0.6 is 0 Å². The zero-order valence-corrected chi connectivity index (χ0v) is 10.7. The van der Waals surface area contributed by atoms with Gasteiger partial charge in [-0.3, -0.25) is 4.98 Å². The number of pyridine rings is 1. The maximum atomic E-state index is 11.9. The average molecular weight is 242 g/mol. The first-order valence-corrected chi connectivity index (χ1v) is 6.96. The Kier molecular flexibility index (Phi) is 4.44. The lowest BCUT2D eigenvalue weighted by molar-refractivity contribution is 0.348. The number of hydrogen-bond acceptors (Lipinski definition) is 3. The molecular weight excluding hydrogens is 224 g/mol. The molecule has 16 heavy (non-hydrogen) atoms. The summed E-state index contributed by atoms with van der Waals surface area (Å²) < 4.78 is 25.2. The van der Waals surface area contributed by atoms with E-state index in [4.69, 9.17) is 0 Å². The summed E-state index contributed by atoms with van der Waals surface area (Å²) in [4.78, 5) is 3.91. The Bertz CT molecular complexity index is 415. The SMILES string of the molecule is CCS(=O)(=O)N(Cc1ccncc1)C(C)C. The molecular formula is C11H18N2O2S. The number of nitrogens with zero attached hydrogens (tertiary/aromatic N) is 2. The van der Waals surface area contributed by atoms with Crippen LogP contribution in [0.4, 0.5) is 0 Å². The topological polar surface area (TPSA) is 50.3 Å². The molecule has 0 saturated heterocycles. The maximum Gasteiger partial charge on any atom is 0.214 e. The molecule has 1 aromatic heterocycles. The minimum absolute atomic E-state index is 0.0295. The summed E-state index contributed by atoms with van der Waals surface area (Å²) in [6, 6.07) is 3.64. The van der Waals surface area contributed by atoms with Crippen molar-refractivity contribution in [3.8, 4) is 0 Å². The molecule has 0 aliphatic carbocycles. The molecule has 0 amide bonds. The van der Waals surface area contributed by atoms with Crippen LogP contribution in [0.25, 0.3) is 0 Å². The van der Waals surface area contributed by atoms with Gasteiger partial charge in [0.15, 0.2) is 0 Å².